The van der Waals surface area contributed by atoms with Gasteiger partial charge in [-0.3, -0.25) is 4.98 Å². The zero-order chi connectivity index (χ0) is 11.0. The SMILES string of the molecule is NC1CCC(c2cccnc2)CC1C1CC1. The van der Waals surface area contributed by atoms with E-state index in [1.54, 1.807) is 0 Å². The smallest absolute Gasteiger partial charge is 0.0302 e. The van der Waals surface area contributed by atoms with Gasteiger partial charge < -0.3 is 5.73 Å². The molecule has 0 aromatic carbocycles. The summed E-state index contributed by atoms with van der Waals surface area (Å²) in [7, 11) is 0. The van der Waals surface area contributed by atoms with Crippen LogP contribution in [0.1, 0.15) is 43.6 Å². The summed E-state index contributed by atoms with van der Waals surface area (Å²) >= 11 is 0. The van der Waals surface area contributed by atoms with Crippen LogP contribution < -0.4 is 5.73 Å². The van der Waals surface area contributed by atoms with Crippen molar-refractivity contribution in [2.45, 2.75) is 44.1 Å². The molecule has 0 bridgehead atoms. The molecule has 0 saturated heterocycles. The first-order valence-electron chi connectivity index (χ1n) is 6.50. The molecular weight excluding hydrogens is 196 g/mol. The van der Waals surface area contributed by atoms with Crippen molar-refractivity contribution in [1.29, 1.82) is 0 Å². The van der Waals surface area contributed by atoms with Crippen molar-refractivity contribution in [2.75, 3.05) is 0 Å². The van der Waals surface area contributed by atoms with Crippen LogP contribution in [-0.2, 0) is 0 Å². The molecule has 2 aliphatic rings. The third-order valence-electron chi connectivity index (χ3n) is 4.34. The van der Waals surface area contributed by atoms with E-state index in [1.165, 1.54) is 37.7 Å². The van der Waals surface area contributed by atoms with Crippen molar-refractivity contribution in [1.82, 2.24) is 4.98 Å². The van der Waals surface area contributed by atoms with Crippen LogP contribution >= 0.6 is 0 Å². The summed E-state index contributed by atoms with van der Waals surface area (Å²) in [6.45, 7) is 0. The molecule has 2 saturated carbocycles. The molecule has 2 N–H and O–H groups in total. The van der Waals surface area contributed by atoms with Crippen LogP contribution in [0.2, 0.25) is 0 Å². The fraction of sp³-hybridized carbons (Fsp3) is 0.643. The number of rotatable bonds is 2. The van der Waals surface area contributed by atoms with E-state index in [4.69, 9.17) is 5.73 Å². The van der Waals surface area contributed by atoms with E-state index >= 15 is 0 Å². The Morgan fingerprint density at radius 2 is 2.06 bits per heavy atom. The Hall–Kier alpha value is -0.890. The Kier molecular flexibility index (Phi) is 2.68. The normalized spacial score (nSPS) is 34.9. The van der Waals surface area contributed by atoms with Crippen molar-refractivity contribution >= 4 is 0 Å². The maximum absolute atomic E-state index is 6.24. The van der Waals surface area contributed by atoms with E-state index in [-0.39, 0.29) is 0 Å². The number of aromatic nitrogens is 1. The lowest BCUT2D eigenvalue weighted by Crippen LogP contribution is -2.36. The maximum Gasteiger partial charge on any atom is 0.0302 e. The van der Waals surface area contributed by atoms with Gasteiger partial charge in [0.2, 0.25) is 0 Å². The zero-order valence-corrected chi connectivity index (χ0v) is 9.68. The van der Waals surface area contributed by atoms with Crippen LogP contribution in [0.25, 0.3) is 0 Å². The maximum atomic E-state index is 6.24. The Morgan fingerprint density at radius 1 is 1.19 bits per heavy atom. The second kappa shape index (κ2) is 4.17. The van der Waals surface area contributed by atoms with E-state index in [1.807, 2.05) is 12.4 Å². The van der Waals surface area contributed by atoms with Crippen molar-refractivity contribution in [3.05, 3.63) is 30.1 Å². The van der Waals surface area contributed by atoms with Gasteiger partial charge >= 0.3 is 0 Å². The van der Waals surface area contributed by atoms with Crippen LogP contribution in [0.3, 0.4) is 0 Å². The number of hydrogen-bond acceptors (Lipinski definition) is 2. The summed E-state index contributed by atoms with van der Waals surface area (Å²) in [5, 5.41) is 0. The Balaban J connectivity index is 1.73. The molecule has 2 fully saturated rings. The first-order chi connectivity index (χ1) is 7.84. The molecule has 1 heterocycles. The average molecular weight is 216 g/mol. The molecule has 1 aromatic heterocycles. The standard InChI is InChI=1S/C14H20N2/c15-14-6-5-11(8-13(14)10-3-4-10)12-2-1-7-16-9-12/h1-2,7,9-11,13-14H,3-6,8,15H2. The predicted molar refractivity (Wildman–Crippen MR) is 65.0 cm³/mol. The second-order valence-corrected chi connectivity index (χ2v) is 5.46. The first kappa shape index (κ1) is 10.3. The number of nitrogens with zero attached hydrogens (tertiary/aromatic N) is 1. The van der Waals surface area contributed by atoms with E-state index in [2.05, 4.69) is 17.1 Å². The summed E-state index contributed by atoms with van der Waals surface area (Å²) in [5.41, 5.74) is 7.66. The van der Waals surface area contributed by atoms with Gasteiger partial charge in [0, 0.05) is 18.4 Å². The van der Waals surface area contributed by atoms with Gasteiger partial charge in [-0.2, -0.15) is 0 Å². The van der Waals surface area contributed by atoms with E-state index in [9.17, 15) is 0 Å². The summed E-state index contributed by atoms with van der Waals surface area (Å²) in [6.07, 6.45) is 10.5. The molecule has 2 nitrogen and oxygen atoms in total. The Morgan fingerprint density at radius 3 is 2.75 bits per heavy atom. The minimum absolute atomic E-state index is 0.459. The largest absolute Gasteiger partial charge is 0.327 e. The molecule has 0 amide bonds. The van der Waals surface area contributed by atoms with Crippen LogP contribution in [0.4, 0.5) is 0 Å². The highest BCUT2D eigenvalue weighted by atomic mass is 14.7. The van der Waals surface area contributed by atoms with Gasteiger partial charge in [0.1, 0.15) is 0 Å². The van der Waals surface area contributed by atoms with Gasteiger partial charge in [0.15, 0.2) is 0 Å². The van der Waals surface area contributed by atoms with Gasteiger partial charge in [-0.1, -0.05) is 6.07 Å². The van der Waals surface area contributed by atoms with Crippen molar-refractivity contribution in [2.24, 2.45) is 17.6 Å². The van der Waals surface area contributed by atoms with E-state index < -0.39 is 0 Å². The average Bonchev–Trinajstić information content (AvgIpc) is 3.15. The monoisotopic (exact) mass is 216 g/mol. The van der Waals surface area contributed by atoms with Crippen LogP contribution in [0.5, 0.6) is 0 Å². The second-order valence-electron chi connectivity index (χ2n) is 5.46. The number of hydrogen-bond donors (Lipinski definition) is 1. The molecule has 3 atom stereocenters. The number of nitrogens with two attached hydrogens (primary N) is 1. The lowest BCUT2D eigenvalue weighted by atomic mass is 9.74. The molecular formula is C14H20N2. The molecule has 3 rings (SSSR count). The lowest BCUT2D eigenvalue weighted by Gasteiger charge is -2.34. The number of pyridine rings is 1. The summed E-state index contributed by atoms with van der Waals surface area (Å²) < 4.78 is 0. The summed E-state index contributed by atoms with van der Waals surface area (Å²) in [6, 6.07) is 4.73. The highest BCUT2D eigenvalue weighted by Gasteiger charge is 2.39. The van der Waals surface area contributed by atoms with Crippen LogP contribution in [0, 0.1) is 11.8 Å². The van der Waals surface area contributed by atoms with Gasteiger partial charge in [-0.05, 0) is 61.5 Å². The van der Waals surface area contributed by atoms with Gasteiger partial charge in [-0.15, -0.1) is 0 Å². The molecule has 86 valence electrons. The first-order valence-corrected chi connectivity index (χ1v) is 6.50. The third-order valence-corrected chi connectivity index (χ3v) is 4.34. The van der Waals surface area contributed by atoms with Crippen LogP contribution in [0.15, 0.2) is 24.5 Å². The summed E-state index contributed by atoms with van der Waals surface area (Å²) in [5.74, 6) is 2.42. The fourth-order valence-corrected chi connectivity index (χ4v) is 3.22. The third kappa shape index (κ3) is 1.99. The minimum atomic E-state index is 0.459. The Labute approximate surface area is 97.3 Å². The lowest BCUT2D eigenvalue weighted by molar-refractivity contribution is 0.251. The fourth-order valence-electron chi connectivity index (χ4n) is 3.22. The molecule has 0 spiro atoms. The zero-order valence-electron chi connectivity index (χ0n) is 9.68. The Bertz CT molecular complexity index is 345. The topological polar surface area (TPSA) is 38.9 Å². The highest BCUT2D eigenvalue weighted by molar-refractivity contribution is 5.16. The minimum Gasteiger partial charge on any atom is -0.327 e. The molecule has 2 aliphatic carbocycles. The van der Waals surface area contributed by atoms with Crippen molar-refractivity contribution in [3.63, 3.8) is 0 Å². The van der Waals surface area contributed by atoms with E-state index in [0.29, 0.717) is 12.0 Å². The molecule has 1 aromatic rings. The summed E-state index contributed by atoms with van der Waals surface area (Å²) in [4.78, 5) is 4.23. The van der Waals surface area contributed by atoms with Gasteiger partial charge in [-0.25, -0.2) is 0 Å². The van der Waals surface area contributed by atoms with Gasteiger partial charge in [0.05, 0.1) is 0 Å². The van der Waals surface area contributed by atoms with E-state index in [0.717, 1.165) is 11.8 Å². The molecule has 2 heteroatoms. The quantitative estimate of drug-likeness (QED) is 0.825. The molecule has 3 unspecified atom stereocenters. The molecule has 0 radical (unpaired) electrons. The van der Waals surface area contributed by atoms with Crippen LogP contribution in [-0.4, -0.2) is 11.0 Å². The molecule has 16 heavy (non-hydrogen) atoms. The predicted octanol–water partition coefficient (Wildman–Crippen LogP) is 2.70. The van der Waals surface area contributed by atoms with Gasteiger partial charge in [0.25, 0.3) is 0 Å². The molecule has 0 aliphatic heterocycles. The highest BCUT2D eigenvalue weighted by Crippen LogP contribution is 2.47. The van der Waals surface area contributed by atoms with Crippen molar-refractivity contribution in [3.8, 4) is 0 Å². The van der Waals surface area contributed by atoms with Crippen molar-refractivity contribution < 1.29 is 0 Å².